The van der Waals surface area contributed by atoms with Crippen LogP contribution in [0.5, 0.6) is 0 Å². The Morgan fingerprint density at radius 1 is 0.682 bits per heavy atom. The summed E-state index contributed by atoms with van der Waals surface area (Å²) in [5.41, 5.74) is 9.31. The molecule has 0 bridgehead atoms. The van der Waals surface area contributed by atoms with Crippen molar-refractivity contribution in [2.24, 2.45) is 0 Å². The van der Waals surface area contributed by atoms with E-state index < -0.39 is 0 Å². The number of hydrogen-bond acceptors (Lipinski definition) is 2. The van der Waals surface area contributed by atoms with E-state index in [-0.39, 0.29) is 11.6 Å². The zero-order chi connectivity index (χ0) is 15.5. The van der Waals surface area contributed by atoms with E-state index in [1.165, 1.54) is 12.1 Å². The quantitative estimate of drug-likeness (QED) is 0.577. The number of hydrogen-bond donors (Lipinski definition) is 1. The Kier molecular flexibility index (Phi) is 3.71. The molecule has 0 aliphatic rings. The van der Waals surface area contributed by atoms with Crippen molar-refractivity contribution < 1.29 is 9.18 Å². The van der Waals surface area contributed by atoms with E-state index >= 15 is 0 Å². The zero-order valence-electron chi connectivity index (χ0n) is 11.8. The fourth-order valence-corrected chi connectivity index (χ4v) is 2.26. The van der Waals surface area contributed by atoms with Gasteiger partial charge in [-0.1, -0.05) is 36.4 Å². The normalized spacial score (nSPS) is 10.4. The van der Waals surface area contributed by atoms with Crippen molar-refractivity contribution in [3.63, 3.8) is 0 Å². The van der Waals surface area contributed by atoms with Crippen LogP contribution in [0.1, 0.15) is 15.9 Å². The largest absolute Gasteiger partial charge is 0.399 e. The Labute approximate surface area is 128 Å². The molecule has 0 spiro atoms. The first-order chi connectivity index (χ1) is 10.6. The summed E-state index contributed by atoms with van der Waals surface area (Å²) in [6.45, 7) is 0. The fourth-order valence-electron chi connectivity index (χ4n) is 2.26. The molecule has 2 N–H and O–H groups in total. The Balaban J connectivity index is 1.86. The first-order valence-corrected chi connectivity index (χ1v) is 6.90. The third kappa shape index (κ3) is 2.88. The predicted octanol–water partition coefficient (Wildman–Crippen LogP) is 4.31. The highest BCUT2D eigenvalue weighted by molar-refractivity contribution is 6.09. The maximum Gasteiger partial charge on any atom is 0.193 e. The second kappa shape index (κ2) is 5.82. The molecule has 3 aromatic rings. The van der Waals surface area contributed by atoms with Gasteiger partial charge in [-0.15, -0.1) is 0 Å². The average Bonchev–Trinajstić information content (AvgIpc) is 2.56. The van der Waals surface area contributed by atoms with Gasteiger partial charge in [-0.25, -0.2) is 4.39 Å². The molecule has 108 valence electrons. The van der Waals surface area contributed by atoms with E-state index in [4.69, 9.17) is 5.73 Å². The summed E-state index contributed by atoms with van der Waals surface area (Å²) < 4.78 is 12.9. The Hall–Kier alpha value is -2.94. The van der Waals surface area contributed by atoms with Crippen LogP contribution >= 0.6 is 0 Å². The maximum absolute atomic E-state index is 12.9. The first-order valence-electron chi connectivity index (χ1n) is 6.90. The van der Waals surface area contributed by atoms with Crippen molar-refractivity contribution in [2.75, 3.05) is 5.73 Å². The number of nitrogens with two attached hydrogens (primary N) is 1. The monoisotopic (exact) mass is 291 g/mol. The molecule has 0 atom stereocenters. The van der Waals surface area contributed by atoms with E-state index in [2.05, 4.69) is 0 Å². The van der Waals surface area contributed by atoms with E-state index in [0.717, 1.165) is 11.1 Å². The predicted molar refractivity (Wildman–Crippen MR) is 86.1 cm³/mol. The number of rotatable bonds is 3. The van der Waals surface area contributed by atoms with Crippen LogP contribution in [0.25, 0.3) is 11.1 Å². The van der Waals surface area contributed by atoms with Crippen molar-refractivity contribution in [1.82, 2.24) is 0 Å². The summed E-state index contributed by atoms with van der Waals surface area (Å²) in [5, 5.41) is 0. The summed E-state index contributed by atoms with van der Waals surface area (Å²) in [4.78, 5) is 12.4. The van der Waals surface area contributed by atoms with E-state index in [1.54, 1.807) is 48.5 Å². The highest BCUT2D eigenvalue weighted by atomic mass is 19.1. The third-order valence-corrected chi connectivity index (χ3v) is 3.50. The number of halogens is 1. The Morgan fingerprint density at radius 2 is 1.09 bits per heavy atom. The lowest BCUT2D eigenvalue weighted by molar-refractivity contribution is 0.103. The number of nitrogen functional groups attached to an aromatic ring is 1. The van der Waals surface area contributed by atoms with Crippen molar-refractivity contribution in [3.05, 3.63) is 89.7 Å². The molecule has 0 aliphatic heterocycles. The van der Waals surface area contributed by atoms with Gasteiger partial charge < -0.3 is 5.73 Å². The molecule has 0 saturated carbocycles. The fraction of sp³-hybridized carbons (Fsp3) is 0. The lowest BCUT2D eigenvalue weighted by Gasteiger charge is -2.05. The molecule has 0 fully saturated rings. The number of ketones is 1. The molecule has 0 saturated heterocycles. The van der Waals surface area contributed by atoms with Gasteiger partial charge in [0.2, 0.25) is 0 Å². The smallest absolute Gasteiger partial charge is 0.193 e. The van der Waals surface area contributed by atoms with Crippen LogP contribution < -0.4 is 5.73 Å². The highest BCUT2D eigenvalue weighted by Crippen LogP contribution is 2.21. The van der Waals surface area contributed by atoms with Crippen molar-refractivity contribution >= 4 is 11.5 Å². The molecule has 3 rings (SSSR count). The van der Waals surface area contributed by atoms with Gasteiger partial charge >= 0.3 is 0 Å². The second-order valence-corrected chi connectivity index (χ2v) is 5.04. The molecule has 0 amide bonds. The van der Waals surface area contributed by atoms with Gasteiger partial charge in [0.1, 0.15) is 5.82 Å². The van der Waals surface area contributed by atoms with Crippen LogP contribution in [-0.2, 0) is 0 Å². The van der Waals surface area contributed by atoms with Gasteiger partial charge in [-0.05, 0) is 47.5 Å². The number of anilines is 1. The van der Waals surface area contributed by atoms with Crippen molar-refractivity contribution in [2.45, 2.75) is 0 Å². The van der Waals surface area contributed by atoms with Crippen molar-refractivity contribution in [1.29, 1.82) is 0 Å². The van der Waals surface area contributed by atoms with Crippen LogP contribution in [0.4, 0.5) is 10.1 Å². The van der Waals surface area contributed by atoms with E-state index in [1.807, 2.05) is 12.1 Å². The topological polar surface area (TPSA) is 43.1 Å². The van der Waals surface area contributed by atoms with Gasteiger partial charge in [0, 0.05) is 16.8 Å². The number of benzene rings is 3. The lowest BCUT2D eigenvalue weighted by Crippen LogP contribution is -2.01. The molecule has 0 aliphatic carbocycles. The minimum absolute atomic E-state index is 0.0503. The second-order valence-electron chi connectivity index (χ2n) is 5.04. The minimum Gasteiger partial charge on any atom is -0.399 e. The maximum atomic E-state index is 12.9. The summed E-state index contributed by atoms with van der Waals surface area (Å²) in [6.07, 6.45) is 0. The molecular weight excluding hydrogens is 277 g/mol. The molecule has 3 heteroatoms. The molecule has 0 heterocycles. The Bertz CT molecular complexity index is 790. The first kappa shape index (κ1) is 14.0. The number of carbonyl (C=O) groups excluding carboxylic acids is 1. The molecule has 3 aromatic carbocycles. The zero-order valence-corrected chi connectivity index (χ0v) is 11.8. The molecule has 0 aromatic heterocycles. The standard InChI is InChI=1S/C19H14FNO/c20-17-9-5-14(6-10-17)13-1-3-15(4-2-13)19(22)16-7-11-18(21)12-8-16/h1-12H,21H2. The van der Waals surface area contributed by atoms with E-state index in [0.29, 0.717) is 16.8 Å². The van der Waals surface area contributed by atoms with Crippen molar-refractivity contribution in [3.8, 4) is 11.1 Å². The van der Waals surface area contributed by atoms with Gasteiger partial charge in [0.25, 0.3) is 0 Å². The van der Waals surface area contributed by atoms with Crippen LogP contribution in [0.3, 0.4) is 0 Å². The minimum atomic E-state index is -0.265. The number of carbonyl (C=O) groups is 1. The van der Waals surface area contributed by atoms with E-state index in [9.17, 15) is 9.18 Å². The van der Waals surface area contributed by atoms with Crippen LogP contribution in [0, 0.1) is 5.82 Å². The molecule has 22 heavy (non-hydrogen) atoms. The van der Waals surface area contributed by atoms with Gasteiger partial charge in [0.15, 0.2) is 5.78 Å². The molecule has 0 unspecified atom stereocenters. The van der Waals surface area contributed by atoms with Gasteiger partial charge in [-0.2, -0.15) is 0 Å². The average molecular weight is 291 g/mol. The summed E-state index contributed by atoms with van der Waals surface area (Å²) >= 11 is 0. The van der Waals surface area contributed by atoms with Crippen LogP contribution in [-0.4, -0.2) is 5.78 Å². The molecular formula is C19H14FNO. The third-order valence-electron chi connectivity index (χ3n) is 3.50. The highest BCUT2D eigenvalue weighted by Gasteiger charge is 2.09. The summed E-state index contributed by atoms with van der Waals surface area (Å²) in [5.74, 6) is -0.315. The van der Waals surface area contributed by atoms with Crippen LogP contribution in [0.2, 0.25) is 0 Å². The van der Waals surface area contributed by atoms with Crippen LogP contribution in [0.15, 0.2) is 72.8 Å². The Morgan fingerprint density at radius 3 is 1.59 bits per heavy atom. The lowest BCUT2D eigenvalue weighted by atomic mass is 9.99. The SMILES string of the molecule is Nc1ccc(C(=O)c2ccc(-c3ccc(F)cc3)cc2)cc1. The van der Waals surface area contributed by atoms with Gasteiger partial charge in [0.05, 0.1) is 0 Å². The molecule has 0 radical (unpaired) electrons. The summed E-state index contributed by atoms with van der Waals surface area (Å²) in [6, 6.07) is 20.4. The molecule has 2 nitrogen and oxygen atoms in total. The summed E-state index contributed by atoms with van der Waals surface area (Å²) in [7, 11) is 0. The van der Waals surface area contributed by atoms with Gasteiger partial charge in [-0.3, -0.25) is 4.79 Å².